The first-order chi connectivity index (χ1) is 1.73. The Kier molecular flexibility index (Phi) is 12.5. The van der Waals surface area contributed by atoms with Gasteiger partial charge in [0.15, 0.2) is 0 Å². The van der Waals surface area contributed by atoms with Crippen LogP contribution >= 0.6 is 0 Å². The summed E-state index contributed by atoms with van der Waals surface area (Å²) in [4.78, 5) is 0. The molecule has 0 aromatic carbocycles. The molecule has 0 unspecified atom stereocenters. The van der Waals surface area contributed by atoms with Crippen molar-refractivity contribution in [1.29, 1.82) is 0 Å². The minimum atomic E-state index is -5.16. The van der Waals surface area contributed by atoms with E-state index in [0.29, 0.717) is 0 Å². The molecular weight excluding hydrogens is 224 g/mol. The number of halogens is 3. The van der Waals surface area contributed by atoms with Gasteiger partial charge in [-0.3, -0.25) is 0 Å². The van der Waals surface area contributed by atoms with E-state index in [9.17, 15) is 3.04 Å². The Bertz CT molecular complexity index is 11.6. The molecular formula is HF3NaNd. The predicted molar refractivity (Wildman–Crippen MR) is 10.5 cm³/mol. The third-order valence-corrected chi connectivity index (χ3v) is 0. The van der Waals surface area contributed by atoms with Crippen LogP contribution in [-0.4, -0.2) is 29.6 Å². The van der Waals surface area contributed by atoms with E-state index in [1.54, 1.807) is 0 Å². The van der Waals surface area contributed by atoms with E-state index >= 15 is 0 Å². The molecule has 0 aliphatic heterocycles. The van der Waals surface area contributed by atoms with Gasteiger partial charge in [0.1, 0.15) is 0 Å². The van der Waals surface area contributed by atoms with Gasteiger partial charge in [0, 0.05) is 0 Å². The SMILES string of the molecule is [F][Nd]([F])[F].[NaH]. The molecule has 0 heterocycles. The summed E-state index contributed by atoms with van der Waals surface area (Å²) in [6.07, 6.45) is 0. The molecule has 5 heavy (non-hydrogen) atoms. The second kappa shape index (κ2) is 6.14. The summed E-state index contributed by atoms with van der Waals surface area (Å²) < 4.78 is 29.6. The minimum absolute atomic E-state index is 0. The van der Waals surface area contributed by atoms with Crippen molar-refractivity contribution in [1.82, 2.24) is 0 Å². The summed E-state index contributed by atoms with van der Waals surface area (Å²) in [6, 6.07) is 0. The fourth-order valence-corrected chi connectivity index (χ4v) is 0. The summed E-state index contributed by atoms with van der Waals surface area (Å²) in [6.45, 7) is 0. The Balaban J connectivity index is 0. The van der Waals surface area contributed by atoms with Crippen LogP contribution in [0.2, 0.25) is 0 Å². The van der Waals surface area contributed by atoms with Gasteiger partial charge in [-0.25, -0.2) is 0 Å². The second-order valence-corrected chi connectivity index (χ2v) is 1.59. The van der Waals surface area contributed by atoms with Crippen molar-refractivity contribution < 1.29 is 40.1 Å². The fourth-order valence-electron chi connectivity index (χ4n) is 0. The first kappa shape index (κ1) is 10.2. The molecule has 27 valence electrons. The first-order valence-electron chi connectivity index (χ1n) is 0.567. The van der Waals surface area contributed by atoms with Crippen LogP contribution in [0.3, 0.4) is 0 Å². The zero-order chi connectivity index (χ0) is 3.58. The quantitative estimate of drug-likeness (QED) is 0.530. The molecule has 0 radical (unpaired) electrons. The van der Waals surface area contributed by atoms with Gasteiger partial charge in [-0.1, -0.05) is 0 Å². The Morgan fingerprint density at radius 1 is 1.00 bits per heavy atom. The van der Waals surface area contributed by atoms with E-state index in [4.69, 9.17) is 0 Å². The van der Waals surface area contributed by atoms with Crippen molar-refractivity contribution >= 4 is 29.6 Å². The molecule has 0 fully saturated rings. The average molecular weight is 225 g/mol. The average Bonchev–Trinajstić information content (AvgIpc) is 0.811. The molecule has 0 amide bonds. The summed E-state index contributed by atoms with van der Waals surface area (Å²) in [7, 11) is 0. The third-order valence-electron chi connectivity index (χ3n) is 0. The van der Waals surface area contributed by atoms with Crippen LogP contribution in [0.4, 0.5) is 3.04 Å². The van der Waals surface area contributed by atoms with Gasteiger partial charge in [0.2, 0.25) is 0 Å². The van der Waals surface area contributed by atoms with E-state index in [1.165, 1.54) is 0 Å². The fraction of sp³-hybridized carbons (Fsp3) is 0. The van der Waals surface area contributed by atoms with Gasteiger partial charge in [-0.05, 0) is 0 Å². The summed E-state index contributed by atoms with van der Waals surface area (Å²) >= 11 is -5.16. The molecule has 0 bridgehead atoms. The zero-order valence-corrected chi connectivity index (χ0v) is 4.84. The summed E-state index contributed by atoms with van der Waals surface area (Å²) in [5.41, 5.74) is 0. The normalized spacial score (nSPS) is 5.40. The monoisotopic (exact) mass is 223 g/mol. The molecule has 0 saturated carbocycles. The van der Waals surface area contributed by atoms with E-state index in [1.807, 2.05) is 0 Å². The van der Waals surface area contributed by atoms with Crippen LogP contribution in [0.1, 0.15) is 0 Å². The Morgan fingerprint density at radius 2 is 1.00 bits per heavy atom. The molecule has 0 atom stereocenters. The van der Waals surface area contributed by atoms with Crippen LogP contribution in [0.25, 0.3) is 0 Å². The van der Waals surface area contributed by atoms with Crippen molar-refractivity contribution in [3.63, 3.8) is 0 Å². The molecule has 5 heteroatoms. The van der Waals surface area contributed by atoms with Crippen molar-refractivity contribution in [3.8, 4) is 0 Å². The van der Waals surface area contributed by atoms with Gasteiger partial charge in [-0.15, -0.1) is 0 Å². The van der Waals surface area contributed by atoms with Gasteiger partial charge < -0.3 is 0 Å². The zero-order valence-electron chi connectivity index (χ0n) is 1.63. The van der Waals surface area contributed by atoms with Crippen LogP contribution in [0.15, 0.2) is 0 Å². The van der Waals surface area contributed by atoms with Crippen molar-refractivity contribution in [2.24, 2.45) is 0 Å². The van der Waals surface area contributed by atoms with E-state index < -0.39 is 37.1 Å². The topological polar surface area (TPSA) is 0 Å². The van der Waals surface area contributed by atoms with E-state index in [2.05, 4.69) is 0 Å². The van der Waals surface area contributed by atoms with Crippen LogP contribution < -0.4 is 0 Å². The molecule has 0 nitrogen and oxygen atoms in total. The molecule has 0 saturated heterocycles. The molecule has 0 spiro atoms. The van der Waals surface area contributed by atoms with Crippen molar-refractivity contribution in [3.05, 3.63) is 0 Å². The number of hydrogen-bond acceptors (Lipinski definition) is 0. The van der Waals surface area contributed by atoms with E-state index in [0.717, 1.165) is 0 Å². The second-order valence-electron chi connectivity index (χ2n) is 0.214. The van der Waals surface area contributed by atoms with Gasteiger partial charge in [0.25, 0.3) is 0 Å². The molecule has 0 N–H and O–H groups in total. The van der Waals surface area contributed by atoms with Crippen molar-refractivity contribution in [2.75, 3.05) is 0 Å². The number of hydrogen-bond donors (Lipinski definition) is 0. The molecule has 0 aromatic heterocycles. The maximum absolute atomic E-state index is 9.88. The van der Waals surface area contributed by atoms with Gasteiger partial charge in [-0.2, -0.15) is 0 Å². The van der Waals surface area contributed by atoms with Gasteiger partial charge >= 0.3 is 69.7 Å². The Labute approximate surface area is 68.2 Å². The molecule has 0 aromatic rings. The van der Waals surface area contributed by atoms with Crippen LogP contribution in [-0.2, 0) is 0 Å². The first-order valence-corrected chi connectivity index (χ1v) is 4.20. The van der Waals surface area contributed by atoms with E-state index in [-0.39, 0.29) is 29.6 Å². The standard InChI is InChI=1S/3FH.Na.Nd.H/h3*1H;;;/q;;;;+3;/p-3. The predicted octanol–water partition coefficient (Wildman–Crippen LogP) is 0.612. The van der Waals surface area contributed by atoms with Crippen LogP contribution in [0, 0.1) is 37.1 Å². The third kappa shape index (κ3) is 23.0. The van der Waals surface area contributed by atoms with Crippen molar-refractivity contribution in [2.45, 2.75) is 0 Å². The summed E-state index contributed by atoms with van der Waals surface area (Å²) in [5.74, 6) is 0. The Hall–Kier alpha value is 2.14. The molecule has 0 rings (SSSR count). The van der Waals surface area contributed by atoms with Crippen LogP contribution in [0.5, 0.6) is 0 Å². The Morgan fingerprint density at radius 3 is 1.00 bits per heavy atom. The summed E-state index contributed by atoms with van der Waals surface area (Å²) in [5, 5.41) is 0. The molecule has 0 aliphatic rings. The molecule has 0 aliphatic carbocycles. The maximum atomic E-state index is 9.88. The van der Waals surface area contributed by atoms with Gasteiger partial charge in [0.05, 0.1) is 0 Å². The number of rotatable bonds is 0.